The first-order chi connectivity index (χ1) is 8.03. The van der Waals surface area contributed by atoms with Crippen LogP contribution in [0.5, 0.6) is 5.75 Å². The molecule has 3 nitrogen and oxygen atoms in total. The molecule has 1 fully saturated rings. The Kier molecular flexibility index (Phi) is 3.09. The normalized spacial score (nSPS) is 16.9. The van der Waals surface area contributed by atoms with E-state index in [0.717, 1.165) is 6.54 Å². The summed E-state index contributed by atoms with van der Waals surface area (Å²) in [6.07, 6.45) is 2.40. The van der Waals surface area contributed by atoms with Crippen molar-refractivity contribution in [3.05, 3.63) is 29.8 Å². The van der Waals surface area contributed by atoms with Crippen LogP contribution >= 0.6 is 0 Å². The zero-order valence-electron chi connectivity index (χ0n) is 10.4. The molecule has 0 bridgehead atoms. The fourth-order valence-corrected chi connectivity index (χ4v) is 2.12. The van der Waals surface area contributed by atoms with Gasteiger partial charge in [0.15, 0.2) is 0 Å². The van der Waals surface area contributed by atoms with E-state index in [4.69, 9.17) is 0 Å². The van der Waals surface area contributed by atoms with E-state index in [9.17, 15) is 9.90 Å². The molecule has 0 atom stereocenters. The number of phenolic OH excluding ortho intramolecular Hbond substituents is 1. The average Bonchev–Trinajstić information content (AvgIpc) is 3.07. The molecule has 0 unspecified atom stereocenters. The lowest BCUT2D eigenvalue weighted by Gasteiger charge is -2.19. The van der Waals surface area contributed by atoms with Gasteiger partial charge in [-0.1, -0.05) is 19.9 Å². The molecule has 0 aromatic heterocycles. The van der Waals surface area contributed by atoms with Gasteiger partial charge in [0, 0.05) is 12.1 Å². The van der Waals surface area contributed by atoms with Crippen molar-refractivity contribution >= 4 is 5.91 Å². The number of carbonyl (C=O) groups is 1. The maximum atomic E-state index is 11.9. The number of hydrogen-bond donors (Lipinski definition) is 2. The molecule has 92 valence electrons. The number of rotatable bonds is 4. The molecule has 0 heterocycles. The van der Waals surface area contributed by atoms with Gasteiger partial charge in [0.25, 0.3) is 5.91 Å². The molecule has 2 N–H and O–H groups in total. The van der Waals surface area contributed by atoms with Crippen molar-refractivity contribution < 1.29 is 9.90 Å². The number of phenols is 1. The second-order valence-electron chi connectivity index (χ2n) is 5.25. The molecule has 0 spiro atoms. The van der Waals surface area contributed by atoms with Crippen LogP contribution in [0.2, 0.25) is 0 Å². The van der Waals surface area contributed by atoms with Crippen LogP contribution in [0.4, 0.5) is 0 Å². The topological polar surface area (TPSA) is 49.3 Å². The highest BCUT2D eigenvalue weighted by Gasteiger charge is 2.45. The van der Waals surface area contributed by atoms with E-state index in [2.05, 4.69) is 19.2 Å². The molecule has 1 saturated carbocycles. The summed E-state index contributed by atoms with van der Waals surface area (Å²) in [5.74, 6) is 0.627. The highest BCUT2D eigenvalue weighted by atomic mass is 16.3. The Labute approximate surface area is 102 Å². The van der Waals surface area contributed by atoms with Gasteiger partial charge in [-0.2, -0.15) is 0 Å². The maximum Gasteiger partial charge on any atom is 0.251 e. The number of hydrogen-bond acceptors (Lipinski definition) is 2. The molecule has 1 aromatic carbocycles. The maximum absolute atomic E-state index is 11.9. The molecule has 3 heteroatoms. The number of carbonyl (C=O) groups excluding carboxylic acids is 1. The van der Waals surface area contributed by atoms with Gasteiger partial charge in [-0.25, -0.2) is 0 Å². The zero-order chi connectivity index (χ0) is 12.5. The minimum atomic E-state index is -0.104. The molecule has 0 saturated heterocycles. The van der Waals surface area contributed by atoms with Crippen molar-refractivity contribution in [1.29, 1.82) is 0 Å². The minimum absolute atomic E-state index is 0.104. The molecular weight excluding hydrogens is 214 g/mol. The lowest BCUT2D eigenvalue weighted by atomic mass is 9.92. The van der Waals surface area contributed by atoms with Crippen molar-refractivity contribution in [2.75, 3.05) is 6.54 Å². The van der Waals surface area contributed by atoms with Crippen LogP contribution in [0.25, 0.3) is 0 Å². The summed E-state index contributed by atoms with van der Waals surface area (Å²) in [6, 6.07) is 6.45. The summed E-state index contributed by atoms with van der Waals surface area (Å²) in [6.45, 7) is 5.14. The van der Waals surface area contributed by atoms with Crippen molar-refractivity contribution in [3.63, 3.8) is 0 Å². The van der Waals surface area contributed by atoms with Gasteiger partial charge < -0.3 is 10.4 Å². The second-order valence-corrected chi connectivity index (χ2v) is 5.25. The highest BCUT2D eigenvalue weighted by molar-refractivity contribution is 5.94. The first kappa shape index (κ1) is 12.0. The smallest absolute Gasteiger partial charge is 0.251 e. The first-order valence-corrected chi connectivity index (χ1v) is 6.11. The zero-order valence-corrected chi connectivity index (χ0v) is 10.4. The molecule has 1 aliphatic carbocycles. The number of aromatic hydroxyl groups is 1. The van der Waals surface area contributed by atoms with Crippen molar-refractivity contribution in [1.82, 2.24) is 5.32 Å². The van der Waals surface area contributed by atoms with Crippen LogP contribution in [0, 0.1) is 11.3 Å². The van der Waals surface area contributed by atoms with E-state index >= 15 is 0 Å². The van der Waals surface area contributed by atoms with E-state index in [0.29, 0.717) is 16.9 Å². The molecule has 1 amide bonds. The summed E-state index contributed by atoms with van der Waals surface area (Å²) in [5.41, 5.74) is 0.830. The van der Waals surface area contributed by atoms with E-state index in [-0.39, 0.29) is 11.7 Å². The standard InChI is InChI=1S/C14H19NO2/c1-10(2)14(6-7-14)9-15-13(17)11-4-3-5-12(16)8-11/h3-5,8,10,16H,6-7,9H2,1-2H3,(H,15,17). The molecule has 0 radical (unpaired) electrons. The van der Waals surface area contributed by atoms with Gasteiger partial charge in [0.1, 0.15) is 5.75 Å². The number of amides is 1. The predicted molar refractivity (Wildman–Crippen MR) is 66.9 cm³/mol. The minimum Gasteiger partial charge on any atom is -0.508 e. The van der Waals surface area contributed by atoms with Crippen LogP contribution in [-0.2, 0) is 0 Å². The van der Waals surface area contributed by atoms with Crippen molar-refractivity contribution in [2.24, 2.45) is 11.3 Å². The predicted octanol–water partition coefficient (Wildman–Crippen LogP) is 2.56. The van der Waals surface area contributed by atoms with Crippen LogP contribution in [0.15, 0.2) is 24.3 Å². The van der Waals surface area contributed by atoms with E-state index in [1.807, 2.05) is 0 Å². The van der Waals surface area contributed by atoms with E-state index in [1.165, 1.54) is 18.9 Å². The largest absolute Gasteiger partial charge is 0.508 e. The second kappa shape index (κ2) is 4.40. The number of benzene rings is 1. The Hall–Kier alpha value is -1.51. The summed E-state index contributed by atoms with van der Waals surface area (Å²) in [5, 5.41) is 12.3. The third-order valence-corrected chi connectivity index (χ3v) is 3.83. The van der Waals surface area contributed by atoms with Gasteiger partial charge in [-0.15, -0.1) is 0 Å². The third-order valence-electron chi connectivity index (χ3n) is 3.83. The van der Waals surface area contributed by atoms with Gasteiger partial charge in [0.05, 0.1) is 0 Å². The Morgan fingerprint density at radius 3 is 2.71 bits per heavy atom. The summed E-state index contributed by atoms with van der Waals surface area (Å²) < 4.78 is 0. The van der Waals surface area contributed by atoms with Gasteiger partial charge in [-0.05, 0) is 42.4 Å². The Morgan fingerprint density at radius 2 is 2.18 bits per heavy atom. The van der Waals surface area contributed by atoms with Gasteiger partial charge in [-0.3, -0.25) is 4.79 Å². The van der Waals surface area contributed by atoms with Crippen LogP contribution in [0.3, 0.4) is 0 Å². The van der Waals surface area contributed by atoms with Crippen LogP contribution in [0.1, 0.15) is 37.0 Å². The molecular formula is C14H19NO2. The van der Waals surface area contributed by atoms with E-state index in [1.54, 1.807) is 18.2 Å². The van der Waals surface area contributed by atoms with Gasteiger partial charge >= 0.3 is 0 Å². The lowest BCUT2D eigenvalue weighted by molar-refractivity contribution is 0.0939. The van der Waals surface area contributed by atoms with Crippen LogP contribution < -0.4 is 5.32 Å². The third kappa shape index (κ3) is 2.60. The molecule has 17 heavy (non-hydrogen) atoms. The van der Waals surface area contributed by atoms with E-state index < -0.39 is 0 Å². The molecule has 1 aromatic rings. The van der Waals surface area contributed by atoms with Crippen molar-refractivity contribution in [3.8, 4) is 5.75 Å². The fraction of sp³-hybridized carbons (Fsp3) is 0.500. The molecule has 2 rings (SSSR count). The fourth-order valence-electron chi connectivity index (χ4n) is 2.12. The molecule has 1 aliphatic rings. The molecule has 0 aliphatic heterocycles. The van der Waals surface area contributed by atoms with Crippen molar-refractivity contribution in [2.45, 2.75) is 26.7 Å². The Balaban J connectivity index is 1.94. The Morgan fingerprint density at radius 1 is 1.47 bits per heavy atom. The monoisotopic (exact) mass is 233 g/mol. The first-order valence-electron chi connectivity index (χ1n) is 6.11. The Bertz CT molecular complexity index is 422. The summed E-state index contributed by atoms with van der Waals surface area (Å²) in [7, 11) is 0. The summed E-state index contributed by atoms with van der Waals surface area (Å²) in [4.78, 5) is 11.9. The van der Waals surface area contributed by atoms with Crippen LogP contribution in [-0.4, -0.2) is 17.6 Å². The highest BCUT2D eigenvalue weighted by Crippen LogP contribution is 2.51. The summed E-state index contributed by atoms with van der Waals surface area (Å²) >= 11 is 0. The van der Waals surface area contributed by atoms with Gasteiger partial charge in [0.2, 0.25) is 0 Å². The SMILES string of the molecule is CC(C)C1(CNC(=O)c2cccc(O)c2)CC1. The number of nitrogens with one attached hydrogen (secondary N) is 1. The average molecular weight is 233 g/mol. The lowest BCUT2D eigenvalue weighted by Crippen LogP contribution is -2.32. The quantitative estimate of drug-likeness (QED) is 0.839.